The van der Waals surface area contributed by atoms with Crippen molar-refractivity contribution in [2.75, 3.05) is 13.2 Å². The molecule has 0 spiro atoms. The maximum Gasteiger partial charge on any atom is 0.508 e. The minimum absolute atomic E-state index is 0.0282. The lowest BCUT2D eigenvalue weighted by molar-refractivity contribution is -0.155. The molecule has 0 radical (unpaired) electrons. The third-order valence-corrected chi connectivity index (χ3v) is 6.22. The first-order valence-electron chi connectivity index (χ1n) is 8.89. The second kappa shape index (κ2) is 8.22. The highest BCUT2D eigenvalue weighted by atomic mass is 32.2. The molecule has 26 heavy (non-hydrogen) atoms. The Labute approximate surface area is 156 Å². The van der Waals surface area contributed by atoms with Crippen molar-refractivity contribution in [1.82, 2.24) is 0 Å². The SMILES string of the molecule is CCC(C)(C)C(=O)OCCOC(=O)OC1C2CCC(C2)C1(C)OS(=O)[O-]. The fourth-order valence-electron chi connectivity index (χ4n) is 3.72. The zero-order valence-corrected chi connectivity index (χ0v) is 16.5. The zero-order chi connectivity index (χ0) is 19.5. The summed E-state index contributed by atoms with van der Waals surface area (Å²) in [6, 6.07) is 0. The summed E-state index contributed by atoms with van der Waals surface area (Å²) in [5.74, 6) is -0.270. The molecule has 0 heterocycles. The third-order valence-electron chi connectivity index (χ3n) is 5.72. The van der Waals surface area contributed by atoms with E-state index in [-0.39, 0.29) is 31.0 Å². The summed E-state index contributed by atoms with van der Waals surface area (Å²) in [5.41, 5.74) is -1.65. The van der Waals surface area contributed by atoms with Gasteiger partial charge in [-0.15, -0.1) is 0 Å². The van der Waals surface area contributed by atoms with E-state index in [2.05, 4.69) is 0 Å². The molecular formula is C17H27O8S-. The van der Waals surface area contributed by atoms with Crippen LogP contribution >= 0.6 is 0 Å². The summed E-state index contributed by atoms with van der Waals surface area (Å²) < 4.78 is 42.5. The molecule has 0 aromatic heterocycles. The first kappa shape index (κ1) is 21.1. The summed E-state index contributed by atoms with van der Waals surface area (Å²) >= 11 is -2.69. The molecule has 5 atom stereocenters. The van der Waals surface area contributed by atoms with E-state index in [1.165, 1.54) is 0 Å². The van der Waals surface area contributed by atoms with E-state index in [9.17, 15) is 18.4 Å². The van der Waals surface area contributed by atoms with Crippen molar-refractivity contribution in [2.24, 2.45) is 17.3 Å². The molecule has 8 nitrogen and oxygen atoms in total. The number of carbonyl (C=O) groups is 2. The van der Waals surface area contributed by atoms with Gasteiger partial charge in [0.2, 0.25) is 0 Å². The minimum Gasteiger partial charge on any atom is -0.750 e. The van der Waals surface area contributed by atoms with E-state index in [1.54, 1.807) is 20.8 Å². The van der Waals surface area contributed by atoms with Gasteiger partial charge in [0.25, 0.3) is 0 Å². The van der Waals surface area contributed by atoms with Crippen LogP contribution in [0.2, 0.25) is 0 Å². The molecule has 2 aliphatic carbocycles. The van der Waals surface area contributed by atoms with Gasteiger partial charge >= 0.3 is 12.1 Å². The number of rotatable bonds is 8. The van der Waals surface area contributed by atoms with Crippen LogP contribution in [0, 0.1) is 17.3 Å². The van der Waals surface area contributed by atoms with Crippen LogP contribution in [0.25, 0.3) is 0 Å². The van der Waals surface area contributed by atoms with E-state index in [0.717, 1.165) is 19.3 Å². The molecule has 9 heteroatoms. The summed E-state index contributed by atoms with van der Waals surface area (Å²) in [6.07, 6.45) is 1.51. The number of carbonyl (C=O) groups excluding carboxylic acids is 2. The average molecular weight is 391 g/mol. The van der Waals surface area contributed by atoms with Gasteiger partial charge in [0.15, 0.2) is 0 Å². The lowest BCUT2D eigenvalue weighted by Crippen LogP contribution is -2.49. The van der Waals surface area contributed by atoms with Crippen molar-refractivity contribution >= 4 is 23.5 Å². The van der Waals surface area contributed by atoms with Crippen LogP contribution in [0.5, 0.6) is 0 Å². The van der Waals surface area contributed by atoms with Gasteiger partial charge in [-0.1, -0.05) is 6.92 Å². The molecule has 0 aliphatic heterocycles. The third kappa shape index (κ3) is 4.55. The number of ether oxygens (including phenoxy) is 3. The fraction of sp³-hybridized carbons (Fsp3) is 0.882. The average Bonchev–Trinajstić information content (AvgIpc) is 3.13. The molecule has 2 aliphatic rings. The molecule has 0 N–H and O–H groups in total. The highest BCUT2D eigenvalue weighted by Gasteiger charge is 2.59. The molecule has 5 unspecified atom stereocenters. The van der Waals surface area contributed by atoms with E-state index >= 15 is 0 Å². The van der Waals surface area contributed by atoms with Gasteiger partial charge in [-0.3, -0.25) is 8.98 Å². The minimum atomic E-state index is -2.69. The summed E-state index contributed by atoms with van der Waals surface area (Å²) in [5, 5.41) is 0. The van der Waals surface area contributed by atoms with Gasteiger partial charge in [-0.2, -0.15) is 0 Å². The molecule has 2 fully saturated rings. The second-order valence-corrected chi connectivity index (χ2v) is 8.33. The number of hydrogen-bond donors (Lipinski definition) is 0. The Balaban J connectivity index is 1.80. The standard InChI is InChI=1S/C17H28O8S/c1-5-16(2,3)14(18)22-8-9-23-15(19)24-13-11-6-7-12(10-11)17(13,4)25-26(20)21/h11-13H,5-10H2,1-4H3,(H,20,21)/p-1. The Kier molecular flexibility index (Phi) is 6.68. The summed E-state index contributed by atoms with van der Waals surface area (Å²) in [7, 11) is 0. The zero-order valence-electron chi connectivity index (χ0n) is 15.6. The van der Waals surface area contributed by atoms with Crippen LogP contribution in [0.15, 0.2) is 0 Å². The van der Waals surface area contributed by atoms with Crippen molar-refractivity contribution in [2.45, 2.75) is 65.1 Å². The Morgan fingerprint density at radius 2 is 1.88 bits per heavy atom. The van der Waals surface area contributed by atoms with Crippen molar-refractivity contribution in [3.05, 3.63) is 0 Å². The topological polar surface area (TPSA) is 111 Å². The smallest absolute Gasteiger partial charge is 0.508 e. The van der Waals surface area contributed by atoms with Crippen molar-refractivity contribution in [1.29, 1.82) is 0 Å². The van der Waals surface area contributed by atoms with Crippen LogP contribution < -0.4 is 0 Å². The van der Waals surface area contributed by atoms with Crippen molar-refractivity contribution in [3.8, 4) is 0 Å². The van der Waals surface area contributed by atoms with E-state index in [0.29, 0.717) is 6.42 Å². The lowest BCUT2D eigenvalue weighted by atomic mass is 9.83. The molecule has 2 bridgehead atoms. The van der Waals surface area contributed by atoms with Gasteiger partial charge in [0, 0.05) is 0 Å². The number of hydrogen-bond acceptors (Lipinski definition) is 8. The first-order valence-corrected chi connectivity index (χ1v) is 9.89. The van der Waals surface area contributed by atoms with Crippen LogP contribution in [0.1, 0.15) is 53.4 Å². The van der Waals surface area contributed by atoms with E-state index in [4.69, 9.17) is 18.4 Å². The van der Waals surface area contributed by atoms with Gasteiger partial charge in [0.1, 0.15) is 24.9 Å². The van der Waals surface area contributed by atoms with Gasteiger partial charge < -0.3 is 18.8 Å². The highest BCUT2D eigenvalue weighted by molar-refractivity contribution is 7.74. The Morgan fingerprint density at radius 3 is 2.50 bits per heavy atom. The molecule has 0 aromatic carbocycles. The number of fused-ring (bicyclic) bond motifs is 2. The predicted molar refractivity (Wildman–Crippen MR) is 90.5 cm³/mol. The predicted octanol–water partition coefficient (Wildman–Crippen LogP) is 2.49. The molecule has 2 saturated carbocycles. The molecule has 2 rings (SSSR count). The fourth-order valence-corrected chi connectivity index (χ4v) is 4.25. The maximum absolute atomic E-state index is 12.0. The van der Waals surface area contributed by atoms with Crippen LogP contribution in [0.4, 0.5) is 4.79 Å². The lowest BCUT2D eigenvalue weighted by Gasteiger charge is -2.39. The highest BCUT2D eigenvalue weighted by Crippen LogP contribution is 2.54. The van der Waals surface area contributed by atoms with Gasteiger partial charge in [-0.25, -0.2) is 9.00 Å². The molecular weight excluding hydrogens is 364 g/mol. The Bertz CT molecular complexity index is 563. The molecule has 150 valence electrons. The molecule has 0 aromatic rings. The Morgan fingerprint density at radius 1 is 1.23 bits per heavy atom. The monoisotopic (exact) mass is 391 g/mol. The summed E-state index contributed by atoms with van der Waals surface area (Å²) in [4.78, 5) is 23.8. The van der Waals surface area contributed by atoms with Crippen LogP contribution in [0.3, 0.4) is 0 Å². The van der Waals surface area contributed by atoms with Gasteiger partial charge in [0.05, 0.1) is 16.8 Å². The maximum atomic E-state index is 12.0. The quantitative estimate of drug-likeness (QED) is 0.352. The normalized spacial score (nSPS) is 31.5. The second-order valence-electron chi connectivity index (χ2n) is 7.75. The molecule has 0 amide bonds. The van der Waals surface area contributed by atoms with E-state index < -0.39 is 34.6 Å². The van der Waals surface area contributed by atoms with Crippen molar-refractivity contribution in [3.63, 3.8) is 0 Å². The Hall–Kier alpha value is -1.19. The largest absolute Gasteiger partial charge is 0.750 e. The molecule has 0 saturated heterocycles. The first-order chi connectivity index (χ1) is 12.1. The van der Waals surface area contributed by atoms with Crippen molar-refractivity contribution < 1.29 is 36.7 Å². The van der Waals surface area contributed by atoms with E-state index in [1.807, 2.05) is 6.92 Å². The van der Waals surface area contributed by atoms with Gasteiger partial charge in [-0.05, 0) is 58.3 Å². The number of esters is 1. The van der Waals surface area contributed by atoms with Crippen LogP contribution in [-0.2, 0) is 34.5 Å². The van der Waals surface area contributed by atoms with Crippen LogP contribution in [-0.4, -0.2) is 45.8 Å². The summed E-state index contributed by atoms with van der Waals surface area (Å²) in [6.45, 7) is 6.90.